The highest BCUT2D eigenvalue weighted by Crippen LogP contribution is 2.13. The first-order valence-electron chi connectivity index (χ1n) is 6.16. The van der Waals surface area contributed by atoms with Crippen LogP contribution in [0.5, 0.6) is 0 Å². The molecule has 4 nitrogen and oxygen atoms in total. The van der Waals surface area contributed by atoms with Crippen molar-refractivity contribution in [3.63, 3.8) is 0 Å². The smallest absolute Gasteiger partial charge is 0.152 e. The molecule has 0 radical (unpaired) electrons. The summed E-state index contributed by atoms with van der Waals surface area (Å²) in [6.07, 6.45) is 0. The highest BCUT2D eigenvalue weighted by molar-refractivity contribution is 6.02. The number of nitrogens with two attached hydrogens (primary N) is 2. The molecule has 4 heteroatoms. The van der Waals surface area contributed by atoms with Gasteiger partial charge < -0.3 is 16.9 Å². The topological polar surface area (TPSA) is 76.4 Å². The number of anilines is 1. The van der Waals surface area contributed by atoms with E-state index < -0.39 is 0 Å². The molecular weight excluding hydrogens is 212 g/mol. The Bertz CT molecular complexity index is 308. The lowest BCUT2D eigenvalue weighted by Crippen LogP contribution is -2.17. The molecule has 17 heavy (non-hydrogen) atoms. The second-order valence-electron chi connectivity index (χ2n) is 2.59. The molecule has 0 aliphatic carbocycles. The van der Waals surface area contributed by atoms with E-state index in [9.17, 15) is 0 Å². The van der Waals surface area contributed by atoms with Gasteiger partial charge in [0, 0.05) is 17.8 Å². The standard InChI is InChI=1S/C9H14N4.2C2H6/c1-2-12-8-6-4-3-5-7(8)9(10)13-11;2*1-2/h3-6,12H,2,11H2,1H3,(H2,10,13);2*1-2H3. The minimum atomic E-state index is 0.344. The van der Waals surface area contributed by atoms with Gasteiger partial charge in [-0.25, -0.2) is 0 Å². The number of hydrogen-bond donors (Lipinski definition) is 3. The van der Waals surface area contributed by atoms with Gasteiger partial charge in [-0.1, -0.05) is 39.8 Å². The van der Waals surface area contributed by atoms with E-state index in [1.807, 2.05) is 58.9 Å². The molecule has 0 aromatic heterocycles. The minimum absolute atomic E-state index is 0.344. The molecule has 5 N–H and O–H groups in total. The van der Waals surface area contributed by atoms with Crippen LogP contribution in [-0.2, 0) is 0 Å². The summed E-state index contributed by atoms with van der Waals surface area (Å²) in [6.45, 7) is 10.9. The Morgan fingerprint density at radius 1 is 1.18 bits per heavy atom. The maximum atomic E-state index is 5.61. The number of para-hydroxylation sites is 1. The van der Waals surface area contributed by atoms with E-state index in [0.29, 0.717) is 5.84 Å². The average Bonchev–Trinajstić information content (AvgIpc) is 2.43. The second-order valence-corrected chi connectivity index (χ2v) is 2.59. The Labute approximate surface area is 105 Å². The van der Waals surface area contributed by atoms with Gasteiger partial charge in [-0.2, -0.15) is 5.10 Å². The van der Waals surface area contributed by atoms with Crippen LogP contribution >= 0.6 is 0 Å². The normalized spacial score (nSPS) is 9.35. The first-order chi connectivity index (χ1) is 8.29. The number of hydrogen-bond acceptors (Lipinski definition) is 3. The van der Waals surface area contributed by atoms with Gasteiger partial charge in [0.1, 0.15) is 0 Å². The highest BCUT2D eigenvalue weighted by Gasteiger charge is 2.03. The third-order valence-electron chi connectivity index (χ3n) is 1.71. The molecule has 0 bridgehead atoms. The van der Waals surface area contributed by atoms with E-state index in [4.69, 9.17) is 11.6 Å². The molecule has 0 heterocycles. The van der Waals surface area contributed by atoms with Crippen molar-refractivity contribution in [2.45, 2.75) is 34.6 Å². The Kier molecular flexibility index (Phi) is 12.9. The zero-order chi connectivity index (χ0) is 13.7. The van der Waals surface area contributed by atoms with Gasteiger partial charge in [0.25, 0.3) is 0 Å². The Morgan fingerprint density at radius 3 is 2.18 bits per heavy atom. The molecule has 1 aromatic rings. The maximum Gasteiger partial charge on any atom is 0.152 e. The van der Waals surface area contributed by atoms with Crippen LogP contribution in [0.2, 0.25) is 0 Å². The molecule has 1 aromatic carbocycles. The van der Waals surface area contributed by atoms with Gasteiger partial charge in [0.05, 0.1) is 0 Å². The van der Waals surface area contributed by atoms with Crippen molar-refractivity contribution in [3.8, 4) is 0 Å². The maximum absolute atomic E-state index is 5.61. The minimum Gasteiger partial charge on any atom is -0.385 e. The van der Waals surface area contributed by atoms with Gasteiger partial charge in [0.15, 0.2) is 5.84 Å². The SMILES string of the molecule is CC.CC.CCNc1ccccc1/C(N)=N/N. The van der Waals surface area contributed by atoms with Gasteiger partial charge in [-0.05, 0) is 19.1 Å². The van der Waals surface area contributed by atoms with Crippen molar-refractivity contribution in [2.24, 2.45) is 16.7 Å². The van der Waals surface area contributed by atoms with E-state index in [0.717, 1.165) is 17.8 Å². The molecule has 0 atom stereocenters. The van der Waals surface area contributed by atoms with Crippen LogP contribution in [0.15, 0.2) is 29.4 Å². The lowest BCUT2D eigenvalue weighted by molar-refractivity contribution is 1.20. The van der Waals surface area contributed by atoms with E-state index in [2.05, 4.69) is 10.4 Å². The fourth-order valence-electron chi connectivity index (χ4n) is 1.12. The van der Waals surface area contributed by atoms with E-state index in [-0.39, 0.29) is 0 Å². The van der Waals surface area contributed by atoms with Crippen molar-refractivity contribution in [1.82, 2.24) is 0 Å². The number of nitrogens with one attached hydrogen (secondary N) is 1. The monoisotopic (exact) mass is 238 g/mol. The molecule has 0 fully saturated rings. The van der Waals surface area contributed by atoms with Crippen LogP contribution in [0.1, 0.15) is 40.2 Å². The summed E-state index contributed by atoms with van der Waals surface area (Å²) in [6, 6.07) is 7.65. The number of hydrazone groups is 1. The molecule has 0 aliphatic rings. The summed E-state index contributed by atoms with van der Waals surface area (Å²) in [5, 5.41) is 6.63. The summed E-state index contributed by atoms with van der Waals surface area (Å²) in [7, 11) is 0. The van der Waals surface area contributed by atoms with Crippen LogP contribution in [0.4, 0.5) is 5.69 Å². The van der Waals surface area contributed by atoms with Crippen LogP contribution in [0.25, 0.3) is 0 Å². The molecule has 0 saturated carbocycles. The fourth-order valence-corrected chi connectivity index (χ4v) is 1.12. The summed E-state index contributed by atoms with van der Waals surface area (Å²) >= 11 is 0. The largest absolute Gasteiger partial charge is 0.385 e. The van der Waals surface area contributed by atoms with Crippen LogP contribution in [0.3, 0.4) is 0 Å². The van der Waals surface area contributed by atoms with Gasteiger partial charge in [-0.3, -0.25) is 0 Å². The molecule has 98 valence electrons. The lowest BCUT2D eigenvalue weighted by Gasteiger charge is -2.08. The quantitative estimate of drug-likeness (QED) is 0.328. The number of amidine groups is 1. The van der Waals surface area contributed by atoms with E-state index >= 15 is 0 Å². The summed E-state index contributed by atoms with van der Waals surface area (Å²) in [4.78, 5) is 0. The molecular formula is C13H26N4. The highest BCUT2D eigenvalue weighted by atomic mass is 15.2. The zero-order valence-electron chi connectivity index (χ0n) is 11.6. The van der Waals surface area contributed by atoms with E-state index in [1.54, 1.807) is 0 Å². The molecule has 0 unspecified atom stereocenters. The predicted octanol–water partition coefficient (Wildman–Crippen LogP) is 2.75. The van der Waals surface area contributed by atoms with Crippen LogP contribution in [0, 0.1) is 0 Å². The van der Waals surface area contributed by atoms with Crippen molar-refractivity contribution in [2.75, 3.05) is 11.9 Å². The molecule has 0 saturated heterocycles. The van der Waals surface area contributed by atoms with Crippen molar-refractivity contribution >= 4 is 11.5 Å². The third kappa shape index (κ3) is 6.45. The Hall–Kier alpha value is -1.71. The zero-order valence-corrected chi connectivity index (χ0v) is 11.6. The summed E-state index contributed by atoms with van der Waals surface area (Å²) < 4.78 is 0. The first-order valence-corrected chi connectivity index (χ1v) is 6.16. The third-order valence-corrected chi connectivity index (χ3v) is 1.71. The fraction of sp³-hybridized carbons (Fsp3) is 0.462. The van der Waals surface area contributed by atoms with Crippen molar-refractivity contribution in [1.29, 1.82) is 0 Å². The van der Waals surface area contributed by atoms with Crippen molar-refractivity contribution in [3.05, 3.63) is 29.8 Å². The summed E-state index contributed by atoms with van der Waals surface area (Å²) in [5.74, 6) is 5.45. The Morgan fingerprint density at radius 2 is 1.71 bits per heavy atom. The summed E-state index contributed by atoms with van der Waals surface area (Å²) in [5.41, 5.74) is 7.41. The molecule has 0 amide bonds. The van der Waals surface area contributed by atoms with Crippen molar-refractivity contribution < 1.29 is 0 Å². The predicted molar refractivity (Wildman–Crippen MR) is 78.2 cm³/mol. The van der Waals surface area contributed by atoms with Gasteiger partial charge >= 0.3 is 0 Å². The molecule has 0 aliphatic heterocycles. The first kappa shape index (κ1) is 17.7. The number of nitrogens with zero attached hydrogens (tertiary/aromatic N) is 1. The van der Waals surface area contributed by atoms with Crippen LogP contribution in [-0.4, -0.2) is 12.4 Å². The van der Waals surface area contributed by atoms with Gasteiger partial charge in [0.2, 0.25) is 0 Å². The van der Waals surface area contributed by atoms with E-state index in [1.165, 1.54) is 0 Å². The average molecular weight is 238 g/mol. The van der Waals surface area contributed by atoms with Crippen LogP contribution < -0.4 is 16.9 Å². The second kappa shape index (κ2) is 12.4. The number of rotatable bonds is 3. The number of benzene rings is 1. The van der Waals surface area contributed by atoms with Gasteiger partial charge in [-0.15, -0.1) is 0 Å². The molecule has 0 spiro atoms. The Balaban J connectivity index is 0. The molecule has 1 rings (SSSR count). The lowest BCUT2D eigenvalue weighted by atomic mass is 10.1.